The summed E-state index contributed by atoms with van der Waals surface area (Å²) in [5.41, 5.74) is 8.07. The van der Waals surface area contributed by atoms with Gasteiger partial charge >= 0.3 is 0 Å². The van der Waals surface area contributed by atoms with Crippen molar-refractivity contribution < 1.29 is 9.59 Å². The molecule has 6 rings (SSSR count). The first-order chi connectivity index (χ1) is 22.0. The summed E-state index contributed by atoms with van der Waals surface area (Å²) in [6.07, 6.45) is 8.10. The summed E-state index contributed by atoms with van der Waals surface area (Å²) >= 11 is 0. The van der Waals surface area contributed by atoms with E-state index in [1.807, 2.05) is 104 Å². The molecular weight excluding hydrogens is 558 g/mol. The number of aromatic nitrogens is 3. The van der Waals surface area contributed by atoms with E-state index in [0.29, 0.717) is 19.5 Å². The summed E-state index contributed by atoms with van der Waals surface area (Å²) in [5.74, 6) is -0.267. The van der Waals surface area contributed by atoms with Crippen molar-refractivity contribution in [2.75, 3.05) is 6.54 Å². The van der Waals surface area contributed by atoms with E-state index in [2.05, 4.69) is 22.2 Å². The molecule has 0 saturated carbocycles. The molecule has 45 heavy (non-hydrogen) atoms. The smallest absolute Gasteiger partial charge is 0.247 e. The van der Waals surface area contributed by atoms with Crippen LogP contribution in [0.2, 0.25) is 0 Å². The molecule has 0 N–H and O–H groups in total. The average Bonchev–Trinajstić information content (AvgIpc) is 3.41. The van der Waals surface area contributed by atoms with Crippen molar-refractivity contribution >= 4 is 17.9 Å². The van der Waals surface area contributed by atoms with Gasteiger partial charge in [0, 0.05) is 62.2 Å². The molecule has 3 aromatic carbocycles. The standard InChI is InChI=1S/C38H37N5O2/c1-28-33(25-40-41(28)2)19-20-37(44)43(26-30-15-17-32(18-16-30)35-14-8-9-22-39-35)36(24-29-10-4-3-5-11-29)38(45)42-23-21-31-12-6-7-13-34(31)27-42/h3-20,22,25,36H,21,23-24,26-27H2,1-2H3/b20-19+/t36-/m0/s1. The highest BCUT2D eigenvalue weighted by Gasteiger charge is 2.34. The molecular formula is C38H37N5O2. The molecule has 3 heterocycles. The molecule has 7 nitrogen and oxygen atoms in total. The number of rotatable bonds is 9. The second-order valence-electron chi connectivity index (χ2n) is 11.5. The lowest BCUT2D eigenvalue weighted by Gasteiger charge is -2.37. The normalized spacial score (nSPS) is 13.4. The molecule has 0 radical (unpaired) electrons. The predicted molar refractivity (Wildman–Crippen MR) is 177 cm³/mol. The number of carbonyl (C=O) groups excluding carboxylic acids is 2. The van der Waals surface area contributed by atoms with Crippen molar-refractivity contribution in [1.82, 2.24) is 24.6 Å². The number of amides is 2. The van der Waals surface area contributed by atoms with E-state index < -0.39 is 6.04 Å². The first-order valence-corrected chi connectivity index (χ1v) is 15.3. The first kappa shape index (κ1) is 29.8. The molecule has 0 spiro atoms. The van der Waals surface area contributed by atoms with Crippen molar-refractivity contribution in [3.63, 3.8) is 0 Å². The van der Waals surface area contributed by atoms with Gasteiger partial charge in [0.25, 0.3) is 0 Å². The Morgan fingerprint density at radius 1 is 0.889 bits per heavy atom. The van der Waals surface area contributed by atoms with Crippen molar-refractivity contribution in [2.24, 2.45) is 7.05 Å². The van der Waals surface area contributed by atoms with Gasteiger partial charge in [-0.05, 0) is 53.8 Å². The highest BCUT2D eigenvalue weighted by atomic mass is 16.2. The van der Waals surface area contributed by atoms with E-state index in [1.54, 1.807) is 34.1 Å². The van der Waals surface area contributed by atoms with Crippen LogP contribution in [0.3, 0.4) is 0 Å². The van der Waals surface area contributed by atoms with Crippen LogP contribution < -0.4 is 0 Å². The Kier molecular flexibility index (Phi) is 8.96. The molecule has 226 valence electrons. The van der Waals surface area contributed by atoms with Gasteiger partial charge in [0.2, 0.25) is 11.8 Å². The van der Waals surface area contributed by atoms with Gasteiger partial charge < -0.3 is 9.80 Å². The van der Waals surface area contributed by atoms with E-state index in [-0.39, 0.29) is 18.4 Å². The summed E-state index contributed by atoms with van der Waals surface area (Å²) in [6, 6.07) is 31.4. The number of carbonyl (C=O) groups is 2. The maximum atomic E-state index is 14.5. The van der Waals surface area contributed by atoms with Crippen LogP contribution >= 0.6 is 0 Å². The Morgan fingerprint density at radius 2 is 1.62 bits per heavy atom. The molecule has 5 aromatic rings. The number of nitrogens with zero attached hydrogens (tertiary/aromatic N) is 5. The van der Waals surface area contributed by atoms with Crippen molar-refractivity contribution in [3.8, 4) is 11.3 Å². The minimum atomic E-state index is -0.694. The zero-order valence-electron chi connectivity index (χ0n) is 25.7. The number of fused-ring (bicyclic) bond motifs is 1. The number of pyridine rings is 1. The summed E-state index contributed by atoms with van der Waals surface area (Å²) in [5, 5.41) is 4.31. The highest BCUT2D eigenvalue weighted by Crippen LogP contribution is 2.24. The average molecular weight is 596 g/mol. The monoisotopic (exact) mass is 595 g/mol. The molecule has 0 unspecified atom stereocenters. The third-order valence-electron chi connectivity index (χ3n) is 8.60. The fourth-order valence-corrected chi connectivity index (χ4v) is 5.85. The van der Waals surface area contributed by atoms with E-state index in [4.69, 9.17) is 0 Å². The van der Waals surface area contributed by atoms with Gasteiger partial charge in [-0.25, -0.2) is 0 Å². The highest BCUT2D eigenvalue weighted by molar-refractivity contribution is 5.96. The topological polar surface area (TPSA) is 71.3 Å². The van der Waals surface area contributed by atoms with Gasteiger partial charge in [0.05, 0.1) is 11.9 Å². The van der Waals surface area contributed by atoms with Crippen LogP contribution in [0.15, 0.2) is 116 Å². The zero-order valence-corrected chi connectivity index (χ0v) is 25.7. The van der Waals surface area contributed by atoms with Gasteiger partial charge in [0.1, 0.15) is 6.04 Å². The summed E-state index contributed by atoms with van der Waals surface area (Å²) in [4.78, 5) is 36.8. The fraction of sp³-hybridized carbons (Fsp3) is 0.211. The lowest BCUT2D eigenvalue weighted by Crippen LogP contribution is -2.52. The van der Waals surface area contributed by atoms with Gasteiger partial charge in [-0.15, -0.1) is 0 Å². The molecule has 7 heteroatoms. The van der Waals surface area contributed by atoms with E-state index in [9.17, 15) is 9.59 Å². The minimum absolute atomic E-state index is 0.0437. The molecule has 0 saturated heterocycles. The predicted octanol–water partition coefficient (Wildman–Crippen LogP) is 6.03. The SMILES string of the molecule is Cc1c(/C=C/C(=O)N(Cc2ccc(-c3ccccn3)cc2)[C@@H](Cc2ccccc2)C(=O)N2CCc3ccccc3C2)cnn1C. The van der Waals surface area contributed by atoms with Gasteiger partial charge in [-0.2, -0.15) is 5.10 Å². The van der Waals surface area contributed by atoms with Crippen LogP contribution in [0.5, 0.6) is 0 Å². The van der Waals surface area contributed by atoms with Crippen LogP contribution in [0.1, 0.15) is 33.5 Å². The second kappa shape index (κ2) is 13.6. The van der Waals surface area contributed by atoms with Gasteiger partial charge in [-0.3, -0.25) is 19.3 Å². The van der Waals surface area contributed by atoms with Crippen LogP contribution in [0.4, 0.5) is 0 Å². The van der Waals surface area contributed by atoms with E-state index in [0.717, 1.165) is 45.6 Å². The maximum absolute atomic E-state index is 14.5. The molecule has 0 aliphatic carbocycles. The second-order valence-corrected chi connectivity index (χ2v) is 11.5. The summed E-state index contributed by atoms with van der Waals surface area (Å²) in [6.45, 7) is 3.40. The van der Waals surface area contributed by atoms with E-state index in [1.165, 1.54) is 5.56 Å². The maximum Gasteiger partial charge on any atom is 0.247 e. The Balaban J connectivity index is 1.35. The van der Waals surface area contributed by atoms with Gasteiger partial charge in [0.15, 0.2) is 0 Å². The van der Waals surface area contributed by atoms with Gasteiger partial charge in [-0.1, -0.05) is 84.9 Å². The first-order valence-electron chi connectivity index (χ1n) is 15.3. The minimum Gasteiger partial charge on any atom is -0.336 e. The Labute approximate surface area is 264 Å². The Morgan fingerprint density at radius 3 is 2.33 bits per heavy atom. The summed E-state index contributed by atoms with van der Waals surface area (Å²) in [7, 11) is 1.88. The Bertz CT molecular complexity index is 1800. The fourth-order valence-electron chi connectivity index (χ4n) is 5.85. The zero-order chi connectivity index (χ0) is 31.2. The molecule has 2 aromatic heterocycles. The lowest BCUT2D eigenvalue weighted by atomic mass is 9.97. The summed E-state index contributed by atoms with van der Waals surface area (Å²) < 4.78 is 1.78. The third-order valence-corrected chi connectivity index (χ3v) is 8.60. The molecule has 1 aliphatic rings. The van der Waals surface area contributed by atoms with Crippen molar-refractivity contribution in [3.05, 3.63) is 149 Å². The Hall–Kier alpha value is -5.30. The largest absolute Gasteiger partial charge is 0.336 e. The molecule has 2 amide bonds. The van der Waals surface area contributed by atoms with Crippen LogP contribution in [-0.2, 0) is 42.6 Å². The number of hydrogen-bond donors (Lipinski definition) is 0. The lowest BCUT2D eigenvalue weighted by molar-refractivity contribution is -0.144. The van der Waals surface area contributed by atoms with Crippen LogP contribution in [-0.4, -0.2) is 49.0 Å². The van der Waals surface area contributed by atoms with Crippen molar-refractivity contribution in [2.45, 2.75) is 38.9 Å². The molecule has 0 bridgehead atoms. The molecule has 1 aliphatic heterocycles. The third kappa shape index (κ3) is 6.93. The van der Waals surface area contributed by atoms with E-state index >= 15 is 0 Å². The number of aryl methyl sites for hydroxylation is 1. The number of benzene rings is 3. The van der Waals surface area contributed by atoms with Crippen molar-refractivity contribution in [1.29, 1.82) is 0 Å². The molecule has 0 fully saturated rings. The quantitative estimate of drug-likeness (QED) is 0.195. The molecule has 1 atom stereocenters. The van der Waals surface area contributed by atoms with Crippen LogP contribution in [0, 0.1) is 6.92 Å². The van der Waals surface area contributed by atoms with Crippen LogP contribution in [0.25, 0.3) is 17.3 Å². The number of hydrogen-bond acceptors (Lipinski definition) is 4.